The standard InChI is InChI=1S/C21H35N5O2/c1-15-16(2)23-24-18(15)12-26-11-17(28-14-21(26)6-5-7-21)10-19(27)22-20(3)8-9-25(4)13-20/h17H,5-14H2,1-4H3,(H,22,27)(H,23,24). The summed E-state index contributed by atoms with van der Waals surface area (Å²) in [5.41, 5.74) is 3.53. The van der Waals surface area contributed by atoms with Gasteiger partial charge in [0.1, 0.15) is 0 Å². The lowest BCUT2D eigenvalue weighted by Gasteiger charge is -2.54. The maximum absolute atomic E-state index is 12.7. The molecular formula is C21H35N5O2. The number of carbonyl (C=O) groups excluding carboxylic acids is 1. The summed E-state index contributed by atoms with van der Waals surface area (Å²) in [5, 5.41) is 10.9. The molecule has 2 unspecified atom stereocenters. The van der Waals surface area contributed by atoms with E-state index in [9.17, 15) is 4.79 Å². The number of aromatic nitrogens is 2. The number of hydrogen-bond acceptors (Lipinski definition) is 5. The molecule has 3 fully saturated rings. The summed E-state index contributed by atoms with van der Waals surface area (Å²) in [4.78, 5) is 17.5. The number of H-pyrrole nitrogens is 1. The molecule has 2 saturated heterocycles. The largest absolute Gasteiger partial charge is 0.374 e. The highest BCUT2D eigenvalue weighted by atomic mass is 16.5. The average molecular weight is 390 g/mol. The second-order valence-electron chi connectivity index (χ2n) is 9.61. The van der Waals surface area contributed by atoms with E-state index in [0.717, 1.165) is 50.6 Å². The van der Waals surface area contributed by atoms with Crippen molar-refractivity contribution in [3.8, 4) is 0 Å². The third-order valence-corrected chi connectivity index (χ3v) is 7.18. The number of carbonyl (C=O) groups is 1. The Morgan fingerprint density at radius 1 is 1.36 bits per heavy atom. The van der Waals surface area contributed by atoms with Crippen LogP contribution < -0.4 is 5.32 Å². The Labute approximate surface area is 168 Å². The number of likely N-dealkylation sites (tertiary alicyclic amines) is 1. The van der Waals surface area contributed by atoms with Crippen molar-refractivity contribution in [3.05, 3.63) is 17.0 Å². The predicted octanol–water partition coefficient (Wildman–Crippen LogP) is 1.75. The predicted molar refractivity (Wildman–Crippen MR) is 108 cm³/mol. The molecule has 1 amide bonds. The lowest BCUT2D eigenvalue weighted by molar-refractivity contribution is -0.155. The van der Waals surface area contributed by atoms with Crippen molar-refractivity contribution in [1.82, 2.24) is 25.3 Å². The molecule has 0 radical (unpaired) electrons. The molecule has 7 nitrogen and oxygen atoms in total. The van der Waals surface area contributed by atoms with Crippen molar-refractivity contribution in [2.75, 3.05) is 33.3 Å². The molecular weight excluding hydrogens is 354 g/mol. The molecule has 3 heterocycles. The molecule has 3 aliphatic rings. The van der Waals surface area contributed by atoms with Gasteiger partial charge in [-0.25, -0.2) is 0 Å². The number of aromatic amines is 1. The van der Waals surface area contributed by atoms with Crippen LogP contribution in [0.25, 0.3) is 0 Å². The summed E-state index contributed by atoms with van der Waals surface area (Å²) in [6, 6.07) is 0. The summed E-state index contributed by atoms with van der Waals surface area (Å²) in [7, 11) is 2.11. The normalized spacial score (nSPS) is 30.5. The van der Waals surface area contributed by atoms with Gasteiger partial charge in [-0.05, 0) is 59.1 Å². The van der Waals surface area contributed by atoms with E-state index in [1.54, 1.807) is 0 Å². The third-order valence-electron chi connectivity index (χ3n) is 7.18. The number of amides is 1. The van der Waals surface area contributed by atoms with E-state index in [1.165, 1.54) is 24.8 Å². The van der Waals surface area contributed by atoms with Crippen molar-refractivity contribution >= 4 is 5.91 Å². The smallest absolute Gasteiger partial charge is 0.223 e. The Morgan fingerprint density at radius 2 is 2.14 bits per heavy atom. The number of likely N-dealkylation sites (N-methyl/N-ethyl adjacent to an activating group) is 1. The fraction of sp³-hybridized carbons (Fsp3) is 0.810. The van der Waals surface area contributed by atoms with Crippen LogP contribution in [0.1, 0.15) is 56.0 Å². The SMILES string of the molecule is Cc1[nH]nc(CN2CC(CC(=O)NC3(C)CCN(C)C3)OCC23CCC3)c1C. The maximum Gasteiger partial charge on any atom is 0.223 e. The van der Waals surface area contributed by atoms with Crippen LogP contribution in [-0.4, -0.2) is 76.4 Å². The first-order valence-corrected chi connectivity index (χ1v) is 10.7. The molecule has 2 aliphatic heterocycles. The Bertz CT molecular complexity index is 728. The number of rotatable bonds is 5. The van der Waals surface area contributed by atoms with Crippen molar-refractivity contribution in [3.63, 3.8) is 0 Å². The minimum absolute atomic E-state index is 0.0469. The molecule has 7 heteroatoms. The second-order valence-corrected chi connectivity index (χ2v) is 9.61. The van der Waals surface area contributed by atoms with Crippen LogP contribution in [0.2, 0.25) is 0 Å². The Hall–Kier alpha value is -1.44. The monoisotopic (exact) mass is 389 g/mol. The van der Waals surface area contributed by atoms with Crippen molar-refractivity contribution < 1.29 is 9.53 Å². The van der Waals surface area contributed by atoms with E-state index >= 15 is 0 Å². The van der Waals surface area contributed by atoms with Gasteiger partial charge in [0.25, 0.3) is 0 Å². The van der Waals surface area contributed by atoms with E-state index in [1.807, 2.05) is 0 Å². The van der Waals surface area contributed by atoms with Gasteiger partial charge in [0, 0.05) is 37.4 Å². The number of nitrogens with zero attached hydrogens (tertiary/aromatic N) is 3. The molecule has 2 atom stereocenters. The van der Waals surface area contributed by atoms with Crippen molar-refractivity contribution in [1.29, 1.82) is 0 Å². The van der Waals surface area contributed by atoms with Crippen LogP contribution in [0.4, 0.5) is 0 Å². The summed E-state index contributed by atoms with van der Waals surface area (Å²) < 4.78 is 6.19. The quantitative estimate of drug-likeness (QED) is 0.803. The van der Waals surface area contributed by atoms with Crippen LogP contribution in [-0.2, 0) is 16.1 Å². The topological polar surface area (TPSA) is 73.5 Å². The van der Waals surface area contributed by atoms with Gasteiger partial charge in [0.05, 0.1) is 30.4 Å². The van der Waals surface area contributed by atoms with Crippen LogP contribution in [0.5, 0.6) is 0 Å². The number of nitrogens with one attached hydrogen (secondary N) is 2. The number of aryl methyl sites for hydroxylation is 1. The summed E-state index contributed by atoms with van der Waals surface area (Å²) in [6.45, 7) is 10.7. The van der Waals surface area contributed by atoms with E-state index < -0.39 is 0 Å². The summed E-state index contributed by atoms with van der Waals surface area (Å²) in [6.07, 6.45) is 5.01. The van der Waals surface area contributed by atoms with Crippen LogP contribution in [0, 0.1) is 13.8 Å². The Balaban J connectivity index is 1.38. The summed E-state index contributed by atoms with van der Waals surface area (Å²) in [5.74, 6) is 0.110. The Morgan fingerprint density at radius 3 is 2.71 bits per heavy atom. The van der Waals surface area contributed by atoms with Gasteiger partial charge in [-0.15, -0.1) is 0 Å². The average Bonchev–Trinajstić information content (AvgIpc) is 3.09. The molecule has 2 N–H and O–H groups in total. The van der Waals surface area contributed by atoms with Gasteiger partial charge in [0.15, 0.2) is 0 Å². The molecule has 1 spiro atoms. The van der Waals surface area contributed by atoms with E-state index in [4.69, 9.17) is 4.74 Å². The fourth-order valence-electron chi connectivity index (χ4n) is 5.02. The third kappa shape index (κ3) is 3.84. The zero-order chi connectivity index (χ0) is 19.9. The zero-order valence-corrected chi connectivity index (χ0v) is 17.8. The van der Waals surface area contributed by atoms with Gasteiger partial charge in [-0.3, -0.25) is 14.8 Å². The van der Waals surface area contributed by atoms with Crippen molar-refractivity contribution in [2.45, 2.75) is 76.6 Å². The molecule has 1 aliphatic carbocycles. The molecule has 0 bridgehead atoms. The second kappa shape index (κ2) is 7.43. The highest BCUT2D eigenvalue weighted by Gasteiger charge is 2.47. The molecule has 1 saturated carbocycles. The van der Waals surface area contributed by atoms with Crippen LogP contribution >= 0.6 is 0 Å². The molecule has 1 aromatic heterocycles. The lowest BCUT2D eigenvalue weighted by atomic mass is 9.74. The molecule has 28 heavy (non-hydrogen) atoms. The van der Waals surface area contributed by atoms with Crippen molar-refractivity contribution in [2.24, 2.45) is 0 Å². The first-order valence-electron chi connectivity index (χ1n) is 10.7. The van der Waals surface area contributed by atoms with E-state index in [2.05, 4.69) is 53.1 Å². The van der Waals surface area contributed by atoms with Crippen LogP contribution in [0.3, 0.4) is 0 Å². The number of morpholine rings is 1. The van der Waals surface area contributed by atoms with Gasteiger partial charge in [-0.1, -0.05) is 0 Å². The van der Waals surface area contributed by atoms with Gasteiger partial charge >= 0.3 is 0 Å². The first kappa shape index (κ1) is 19.9. The van der Waals surface area contributed by atoms with Gasteiger partial charge in [-0.2, -0.15) is 5.10 Å². The number of hydrogen-bond donors (Lipinski definition) is 2. The highest BCUT2D eigenvalue weighted by molar-refractivity contribution is 5.77. The Kier molecular flexibility index (Phi) is 5.27. The van der Waals surface area contributed by atoms with Crippen LogP contribution in [0.15, 0.2) is 0 Å². The first-order chi connectivity index (χ1) is 13.3. The zero-order valence-electron chi connectivity index (χ0n) is 17.8. The number of ether oxygens (including phenoxy) is 1. The molecule has 1 aromatic rings. The van der Waals surface area contributed by atoms with E-state index in [0.29, 0.717) is 6.42 Å². The summed E-state index contributed by atoms with van der Waals surface area (Å²) >= 11 is 0. The molecule has 4 rings (SSSR count). The highest BCUT2D eigenvalue weighted by Crippen LogP contribution is 2.42. The minimum atomic E-state index is -0.112. The minimum Gasteiger partial charge on any atom is -0.374 e. The lowest BCUT2D eigenvalue weighted by Crippen LogP contribution is -2.63. The fourth-order valence-corrected chi connectivity index (χ4v) is 5.02. The van der Waals surface area contributed by atoms with E-state index in [-0.39, 0.29) is 23.1 Å². The maximum atomic E-state index is 12.7. The molecule has 0 aromatic carbocycles. The van der Waals surface area contributed by atoms with Gasteiger partial charge < -0.3 is 15.0 Å². The molecule has 156 valence electrons. The van der Waals surface area contributed by atoms with Gasteiger partial charge in [0.2, 0.25) is 5.91 Å².